The molecule has 1 saturated carbocycles. The second kappa shape index (κ2) is 8.80. The lowest BCUT2D eigenvalue weighted by atomic mass is 9.96. The van der Waals surface area contributed by atoms with Gasteiger partial charge >= 0.3 is 0 Å². The van der Waals surface area contributed by atoms with Gasteiger partial charge < -0.3 is 9.84 Å². The maximum atomic E-state index is 12.6. The minimum absolute atomic E-state index is 0.00263. The number of rotatable bonds is 6. The van der Waals surface area contributed by atoms with Gasteiger partial charge in [-0.3, -0.25) is 4.79 Å². The molecule has 31 heavy (non-hydrogen) atoms. The van der Waals surface area contributed by atoms with E-state index in [-0.39, 0.29) is 23.3 Å². The number of fused-ring (bicyclic) bond motifs is 1. The Morgan fingerprint density at radius 2 is 1.74 bits per heavy atom. The van der Waals surface area contributed by atoms with Crippen LogP contribution < -0.4 is 10.0 Å². The van der Waals surface area contributed by atoms with Crippen molar-refractivity contribution < 1.29 is 17.7 Å². The second-order valence-electron chi connectivity index (χ2n) is 8.27. The summed E-state index contributed by atoms with van der Waals surface area (Å²) in [5.74, 6) is -0.246. The molecule has 0 bridgehead atoms. The monoisotopic (exact) mass is 441 g/mol. The maximum Gasteiger partial charge on any atom is 0.240 e. The summed E-state index contributed by atoms with van der Waals surface area (Å²) in [5, 5.41) is 7.66. The van der Waals surface area contributed by atoms with Gasteiger partial charge in [0.2, 0.25) is 15.9 Å². The first kappa shape index (κ1) is 21.5. The van der Waals surface area contributed by atoms with E-state index < -0.39 is 10.0 Å². The second-order valence-corrected chi connectivity index (χ2v) is 9.98. The molecule has 164 valence electrons. The van der Waals surface area contributed by atoms with Crippen LogP contribution in [-0.4, -0.2) is 25.5 Å². The number of aromatic nitrogens is 1. The molecule has 3 aromatic rings. The molecule has 0 atom stereocenters. The Balaban J connectivity index is 1.41. The molecule has 4 rings (SSSR count). The predicted octanol–water partition coefficient (Wildman–Crippen LogP) is 4.24. The van der Waals surface area contributed by atoms with E-state index in [0.717, 1.165) is 48.6 Å². The fraction of sp³-hybridized carbons (Fsp3) is 0.391. The first-order valence-corrected chi connectivity index (χ1v) is 12.1. The van der Waals surface area contributed by atoms with Gasteiger partial charge in [0.25, 0.3) is 0 Å². The van der Waals surface area contributed by atoms with Gasteiger partial charge in [0.05, 0.1) is 11.3 Å². The number of carbonyl (C=O) groups is 1. The predicted molar refractivity (Wildman–Crippen MR) is 119 cm³/mol. The molecule has 0 unspecified atom stereocenters. The van der Waals surface area contributed by atoms with Gasteiger partial charge in [-0.2, -0.15) is 0 Å². The summed E-state index contributed by atoms with van der Waals surface area (Å²) < 4.78 is 33.3. The van der Waals surface area contributed by atoms with E-state index in [2.05, 4.69) is 15.2 Å². The number of amides is 1. The van der Waals surface area contributed by atoms with Gasteiger partial charge in [-0.25, -0.2) is 13.1 Å². The Morgan fingerprint density at radius 1 is 1.06 bits per heavy atom. The Morgan fingerprint density at radius 3 is 2.45 bits per heavy atom. The number of nitrogens with zero attached hydrogens (tertiary/aromatic N) is 1. The van der Waals surface area contributed by atoms with Crippen LogP contribution in [0.3, 0.4) is 0 Å². The van der Waals surface area contributed by atoms with Crippen molar-refractivity contribution in [1.29, 1.82) is 0 Å². The smallest absolute Gasteiger partial charge is 0.240 e. The van der Waals surface area contributed by atoms with E-state index in [1.807, 2.05) is 26.0 Å². The Bertz CT molecular complexity index is 1190. The van der Waals surface area contributed by atoms with Crippen LogP contribution in [0.15, 0.2) is 45.8 Å². The molecule has 8 heteroatoms. The van der Waals surface area contributed by atoms with E-state index in [1.54, 1.807) is 12.1 Å². The summed E-state index contributed by atoms with van der Waals surface area (Å²) in [6.45, 7) is 4.00. The van der Waals surface area contributed by atoms with Crippen molar-refractivity contribution in [3.63, 3.8) is 0 Å². The molecule has 1 aliphatic carbocycles. The summed E-state index contributed by atoms with van der Waals surface area (Å²) in [5.41, 5.74) is 3.97. The molecule has 1 amide bonds. The normalized spacial score (nSPS) is 15.3. The third-order valence-electron chi connectivity index (χ3n) is 5.86. The van der Waals surface area contributed by atoms with Crippen LogP contribution in [0.2, 0.25) is 0 Å². The lowest BCUT2D eigenvalue weighted by Gasteiger charge is -2.22. The van der Waals surface area contributed by atoms with Gasteiger partial charge in [-0.05, 0) is 74.2 Å². The fourth-order valence-electron chi connectivity index (χ4n) is 3.95. The van der Waals surface area contributed by atoms with Crippen LogP contribution in [-0.2, 0) is 21.2 Å². The highest BCUT2D eigenvalue weighted by molar-refractivity contribution is 7.89. The summed E-state index contributed by atoms with van der Waals surface area (Å²) >= 11 is 0. The molecule has 0 radical (unpaired) electrons. The molecule has 1 fully saturated rings. The molecule has 0 spiro atoms. The average Bonchev–Trinajstić information content (AvgIpc) is 3.10. The molecule has 1 aromatic heterocycles. The molecular formula is C23H27N3O4S. The topological polar surface area (TPSA) is 101 Å². The SMILES string of the molecule is Cc1cc2onc(CC(=O)Nc3ccc(S(=O)(=O)NC4CCCCC4)cc3)c2cc1C. The third kappa shape index (κ3) is 4.97. The minimum Gasteiger partial charge on any atom is -0.356 e. The Kier molecular flexibility index (Phi) is 6.11. The summed E-state index contributed by atoms with van der Waals surface area (Å²) in [6.07, 6.45) is 5.09. The third-order valence-corrected chi connectivity index (χ3v) is 7.40. The highest BCUT2D eigenvalue weighted by Crippen LogP contribution is 2.24. The van der Waals surface area contributed by atoms with Gasteiger partial charge in [-0.15, -0.1) is 0 Å². The van der Waals surface area contributed by atoms with E-state index in [0.29, 0.717) is 17.0 Å². The zero-order valence-corrected chi connectivity index (χ0v) is 18.6. The zero-order valence-electron chi connectivity index (χ0n) is 17.8. The molecule has 2 aromatic carbocycles. The Labute approximate surface area is 182 Å². The van der Waals surface area contributed by atoms with Crippen LogP contribution in [0.25, 0.3) is 11.0 Å². The van der Waals surface area contributed by atoms with E-state index in [4.69, 9.17) is 4.52 Å². The average molecular weight is 442 g/mol. The highest BCUT2D eigenvalue weighted by atomic mass is 32.2. The first-order chi connectivity index (χ1) is 14.8. The maximum absolute atomic E-state index is 12.6. The number of nitrogens with one attached hydrogen (secondary N) is 2. The standard InChI is InChI=1S/C23H27N3O4S/c1-15-12-20-21(25-30-22(20)13-16(15)2)14-23(27)24-17-8-10-19(11-9-17)31(28,29)26-18-6-4-3-5-7-18/h8-13,18,26H,3-7,14H2,1-2H3,(H,24,27). The van der Waals surface area contributed by atoms with E-state index in [9.17, 15) is 13.2 Å². The lowest BCUT2D eigenvalue weighted by Crippen LogP contribution is -2.36. The van der Waals surface area contributed by atoms with Crippen molar-refractivity contribution in [2.24, 2.45) is 0 Å². The molecule has 1 aliphatic rings. The van der Waals surface area contributed by atoms with Crippen molar-refractivity contribution in [1.82, 2.24) is 9.88 Å². The van der Waals surface area contributed by atoms with Crippen molar-refractivity contribution in [3.05, 3.63) is 53.2 Å². The van der Waals surface area contributed by atoms with Gasteiger partial charge in [0.15, 0.2) is 5.58 Å². The molecule has 0 saturated heterocycles. The first-order valence-electron chi connectivity index (χ1n) is 10.6. The summed E-state index contributed by atoms with van der Waals surface area (Å²) in [7, 11) is -3.56. The molecule has 1 heterocycles. The lowest BCUT2D eigenvalue weighted by molar-refractivity contribution is -0.115. The van der Waals surface area contributed by atoms with Crippen LogP contribution in [0.4, 0.5) is 5.69 Å². The quantitative estimate of drug-likeness (QED) is 0.596. The number of benzene rings is 2. The summed E-state index contributed by atoms with van der Waals surface area (Å²) in [6, 6.07) is 10.1. The van der Waals surface area contributed by atoms with Crippen molar-refractivity contribution in [2.75, 3.05) is 5.32 Å². The van der Waals surface area contributed by atoms with Crippen LogP contribution in [0.5, 0.6) is 0 Å². The zero-order chi connectivity index (χ0) is 22.0. The molecule has 7 nitrogen and oxygen atoms in total. The summed E-state index contributed by atoms with van der Waals surface area (Å²) in [4.78, 5) is 12.7. The van der Waals surface area contributed by atoms with E-state index in [1.165, 1.54) is 12.1 Å². The minimum atomic E-state index is -3.56. The van der Waals surface area contributed by atoms with Gasteiger partial charge in [0.1, 0.15) is 5.69 Å². The van der Waals surface area contributed by atoms with Crippen LogP contribution >= 0.6 is 0 Å². The fourth-order valence-corrected chi connectivity index (χ4v) is 5.26. The largest absolute Gasteiger partial charge is 0.356 e. The van der Waals surface area contributed by atoms with Crippen molar-refractivity contribution in [2.45, 2.75) is 63.3 Å². The van der Waals surface area contributed by atoms with Crippen LogP contribution in [0.1, 0.15) is 48.9 Å². The number of anilines is 1. The molecular weight excluding hydrogens is 414 g/mol. The number of sulfonamides is 1. The number of carbonyl (C=O) groups excluding carboxylic acids is 1. The van der Waals surface area contributed by atoms with Crippen molar-refractivity contribution >= 4 is 32.6 Å². The number of aryl methyl sites for hydroxylation is 2. The van der Waals surface area contributed by atoms with Gasteiger partial charge in [-0.1, -0.05) is 24.4 Å². The number of hydrogen-bond donors (Lipinski definition) is 2. The van der Waals surface area contributed by atoms with Crippen LogP contribution in [0, 0.1) is 13.8 Å². The van der Waals surface area contributed by atoms with E-state index >= 15 is 0 Å². The van der Waals surface area contributed by atoms with Crippen molar-refractivity contribution in [3.8, 4) is 0 Å². The Hall–Kier alpha value is -2.71. The molecule has 2 N–H and O–H groups in total. The molecule has 0 aliphatic heterocycles. The number of hydrogen-bond acceptors (Lipinski definition) is 5. The highest BCUT2D eigenvalue weighted by Gasteiger charge is 2.22. The van der Waals surface area contributed by atoms with Gasteiger partial charge in [0, 0.05) is 17.1 Å².